The SMILES string of the molecule is CCCCCC(O[Si](C)(C)C)C(/C=C\C(CCCCCCCC(=O)OC)O[Si](C)(C)C)O[Si](C)(C)C. The summed E-state index contributed by atoms with van der Waals surface area (Å²) in [5.74, 6) is -0.107. The van der Waals surface area contributed by atoms with Crippen LogP contribution >= 0.6 is 0 Å². The molecule has 36 heavy (non-hydrogen) atoms. The van der Waals surface area contributed by atoms with Gasteiger partial charge < -0.3 is 18.0 Å². The second-order valence-electron chi connectivity index (χ2n) is 13.0. The maximum atomic E-state index is 11.3. The van der Waals surface area contributed by atoms with Gasteiger partial charge in [0.1, 0.15) is 0 Å². The Labute approximate surface area is 227 Å². The monoisotopic (exact) mass is 560 g/mol. The highest BCUT2D eigenvalue weighted by molar-refractivity contribution is 6.70. The minimum atomic E-state index is -1.76. The summed E-state index contributed by atoms with van der Waals surface area (Å²) in [4.78, 5) is 11.3. The van der Waals surface area contributed by atoms with Crippen LogP contribution in [0.3, 0.4) is 0 Å². The molecule has 0 rings (SSSR count). The van der Waals surface area contributed by atoms with Crippen LogP contribution in [0, 0.1) is 0 Å². The van der Waals surface area contributed by atoms with E-state index < -0.39 is 25.0 Å². The van der Waals surface area contributed by atoms with Crippen LogP contribution in [-0.2, 0) is 22.8 Å². The van der Waals surface area contributed by atoms with Crippen molar-refractivity contribution in [3.05, 3.63) is 12.2 Å². The highest BCUT2D eigenvalue weighted by Crippen LogP contribution is 2.24. The number of methoxy groups -OCH3 is 1. The van der Waals surface area contributed by atoms with Crippen molar-refractivity contribution >= 4 is 30.9 Å². The van der Waals surface area contributed by atoms with E-state index in [9.17, 15) is 4.79 Å². The first-order valence-electron chi connectivity index (χ1n) is 14.3. The first-order chi connectivity index (χ1) is 16.6. The normalized spacial score (nSPS) is 15.8. The molecule has 0 radical (unpaired) electrons. The van der Waals surface area contributed by atoms with E-state index in [2.05, 4.69) is 78.0 Å². The van der Waals surface area contributed by atoms with E-state index in [-0.39, 0.29) is 24.3 Å². The fraction of sp³-hybridized carbons (Fsp3) is 0.893. The Balaban J connectivity index is 5.34. The summed E-state index contributed by atoms with van der Waals surface area (Å²) in [6.07, 6.45) is 16.4. The maximum Gasteiger partial charge on any atom is 0.305 e. The van der Waals surface area contributed by atoms with Gasteiger partial charge in [-0.1, -0.05) is 64.0 Å². The molecule has 0 amide bonds. The summed E-state index contributed by atoms with van der Waals surface area (Å²) >= 11 is 0. The molecule has 0 heterocycles. The molecule has 3 unspecified atom stereocenters. The molecule has 0 aromatic heterocycles. The molecule has 0 aliphatic carbocycles. The molecule has 0 saturated heterocycles. The molecule has 214 valence electrons. The van der Waals surface area contributed by atoms with Gasteiger partial charge in [-0.25, -0.2) is 0 Å². The second kappa shape index (κ2) is 18.1. The molecular formula is C28H60O5Si3. The average molecular weight is 561 g/mol. The Morgan fingerprint density at radius 2 is 1.19 bits per heavy atom. The van der Waals surface area contributed by atoms with Gasteiger partial charge in [-0.2, -0.15) is 0 Å². The number of esters is 1. The Bertz CT molecular complexity index is 606. The molecule has 0 aliphatic heterocycles. The second-order valence-corrected chi connectivity index (χ2v) is 26.4. The van der Waals surface area contributed by atoms with Gasteiger partial charge in [0.05, 0.1) is 25.4 Å². The van der Waals surface area contributed by atoms with Crippen molar-refractivity contribution in [2.45, 2.75) is 155 Å². The van der Waals surface area contributed by atoms with Crippen molar-refractivity contribution in [2.24, 2.45) is 0 Å². The first kappa shape index (κ1) is 35.7. The van der Waals surface area contributed by atoms with Gasteiger partial charge in [0.15, 0.2) is 25.0 Å². The third kappa shape index (κ3) is 21.8. The maximum absolute atomic E-state index is 11.3. The average Bonchev–Trinajstić information content (AvgIpc) is 2.72. The summed E-state index contributed by atoms with van der Waals surface area (Å²) in [5, 5.41) is 0. The van der Waals surface area contributed by atoms with Gasteiger partial charge >= 0.3 is 5.97 Å². The van der Waals surface area contributed by atoms with Crippen LogP contribution in [0.5, 0.6) is 0 Å². The van der Waals surface area contributed by atoms with Crippen molar-refractivity contribution in [1.82, 2.24) is 0 Å². The molecule has 0 aromatic carbocycles. The third-order valence-corrected chi connectivity index (χ3v) is 8.57. The van der Waals surface area contributed by atoms with Crippen molar-refractivity contribution in [3.63, 3.8) is 0 Å². The lowest BCUT2D eigenvalue weighted by Crippen LogP contribution is -2.44. The predicted octanol–water partition coefficient (Wildman–Crippen LogP) is 8.69. The van der Waals surface area contributed by atoms with E-state index >= 15 is 0 Å². The molecule has 0 bridgehead atoms. The number of rotatable bonds is 21. The van der Waals surface area contributed by atoms with Crippen molar-refractivity contribution in [3.8, 4) is 0 Å². The fourth-order valence-corrected chi connectivity index (χ4v) is 7.43. The number of hydrogen-bond donors (Lipinski definition) is 0. The zero-order valence-corrected chi connectivity index (χ0v) is 28.7. The van der Waals surface area contributed by atoms with E-state index in [1.165, 1.54) is 26.4 Å². The Kier molecular flexibility index (Phi) is 18.0. The van der Waals surface area contributed by atoms with E-state index in [1.54, 1.807) is 0 Å². The topological polar surface area (TPSA) is 54.0 Å². The van der Waals surface area contributed by atoms with Crippen LogP contribution in [-0.4, -0.2) is 56.3 Å². The highest BCUT2D eigenvalue weighted by Gasteiger charge is 2.31. The summed E-state index contributed by atoms with van der Waals surface area (Å²) in [6, 6.07) is 0. The smallest absolute Gasteiger partial charge is 0.305 e. The van der Waals surface area contributed by atoms with Crippen molar-refractivity contribution in [2.75, 3.05) is 7.11 Å². The number of ether oxygens (including phenoxy) is 1. The molecule has 0 N–H and O–H groups in total. The summed E-state index contributed by atoms with van der Waals surface area (Å²) in [7, 11) is -3.70. The van der Waals surface area contributed by atoms with E-state index in [1.807, 2.05) is 0 Å². The number of hydrogen-bond acceptors (Lipinski definition) is 5. The summed E-state index contributed by atoms with van der Waals surface area (Å²) in [6.45, 7) is 22.7. The largest absolute Gasteiger partial charge is 0.469 e. The molecule has 0 fully saturated rings. The summed E-state index contributed by atoms with van der Waals surface area (Å²) in [5.41, 5.74) is 0. The van der Waals surface area contributed by atoms with Gasteiger partial charge in [-0.3, -0.25) is 4.79 Å². The Morgan fingerprint density at radius 1 is 0.667 bits per heavy atom. The molecule has 0 spiro atoms. The fourth-order valence-electron chi connectivity index (χ4n) is 4.12. The molecule has 0 aliphatic rings. The van der Waals surface area contributed by atoms with E-state index in [4.69, 9.17) is 18.0 Å². The van der Waals surface area contributed by atoms with Crippen LogP contribution in [0.25, 0.3) is 0 Å². The quantitative estimate of drug-likeness (QED) is 0.0608. The van der Waals surface area contributed by atoms with Crippen LogP contribution in [0.4, 0.5) is 0 Å². The van der Waals surface area contributed by atoms with Gasteiger partial charge in [0, 0.05) is 6.42 Å². The zero-order valence-electron chi connectivity index (χ0n) is 25.7. The van der Waals surface area contributed by atoms with Gasteiger partial charge in [-0.15, -0.1) is 0 Å². The lowest BCUT2D eigenvalue weighted by atomic mass is 10.0. The van der Waals surface area contributed by atoms with Crippen LogP contribution in [0.15, 0.2) is 12.2 Å². The number of unbranched alkanes of at least 4 members (excludes halogenated alkanes) is 6. The lowest BCUT2D eigenvalue weighted by molar-refractivity contribution is -0.140. The molecule has 0 aromatic rings. The Morgan fingerprint density at radius 3 is 1.72 bits per heavy atom. The zero-order chi connectivity index (χ0) is 27.8. The van der Waals surface area contributed by atoms with Crippen molar-refractivity contribution < 1.29 is 22.8 Å². The van der Waals surface area contributed by atoms with Gasteiger partial charge in [0.2, 0.25) is 0 Å². The first-order valence-corrected chi connectivity index (χ1v) is 24.6. The minimum Gasteiger partial charge on any atom is -0.469 e. The van der Waals surface area contributed by atoms with E-state index in [0.29, 0.717) is 6.42 Å². The molecular weight excluding hydrogens is 501 g/mol. The van der Waals surface area contributed by atoms with Crippen LogP contribution in [0.1, 0.15) is 77.6 Å². The van der Waals surface area contributed by atoms with Crippen molar-refractivity contribution in [1.29, 1.82) is 0 Å². The van der Waals surface area contributed by atoms with Crippen LogP contribution < -0.4 is 0 Å². The standard InChI is InChI=1S/C28H60O5Si3/c1-12-13-17-21-26(32-35(6,7)8)27(33-36(9,10)11)24-23-25(31-34(3,4)5)20-18-15-14-16-19-22-28(29)30-2/h23-27H,12-22H2,1-11H3/b24-23-. The minimum absolute atomic E-state index is 0.0219. The highest BCUT2D eigenvalue weighted by atomic mass is 28.4. The molecule has 3 atom stereocenters. The Hall–Kier alpha value is -0.259. The predicted molar refractivity (Wildman–Crippen MR) is 162 cm³/mol. The number of carbonyl (C=O) groups is 1. The van der Waals surface area contributed by atoms with Crippen LogP contribution in [0.2, 0.25) is 58.9 Å². The number of carbonyl (C=O) groups excluding carboxylic acids is 1. The molecule has 5 nitrogen and oxygen atoms in total. The van der Waals surface area contributed by atoms with Gasteiger partial charge in [0.25, 0.3) is 0 Å². The van der Waals surface area contributed by atoms with Gasteiger partial charge in [-0.05, 0) is 78.2 Å². The molecule has 8 heteroatoms. The van der Waals surface area contributed by atoms with E-state index in [0.717, 1.165) is 44.9 Å². The third-order valence-electron chi connectivity index (χ3n) is 5.57. The lowest BCUT2D eigenvalue weighted by Gasteiger charge is -2.35. The summed E-state index contributed by atoms with van der Waals surface area (Å²) < 4.78 is 24.7. The molecule has 0 saturated carbocycles.